The summed E-state index contributed by atoms with van der Waals surface area (Å²) >= 11 is 5.87. The van der Waals surface area contributed by atoms with Crippen LogP contribution < -0.4 is 10.2 Å². The molecule has 0 saturated carbocycles. The Bertz CT molecular complexity index is 502. The SMILES string of the molecule is C=CC[NH2+][C@@H]1CC(=O)N(c2cccc(Cl)c2)C1=O. The van der Waals surface area contributed by atoms with E-state index in [4.69, 9.17) is 11.6 Å². The van der Waals surface area contributed by atoms with Gasteiger partial charge in [-0.05, 0) is 24.3 Å². The second-order valence-electron chi connectivity index (χ2n) is 4.12. The van der Waals surface area contributed by atoms with Crippen LogP contribution in [0.15, 0.2) is 36.9 Å². The molecule has 0 aromatic heterocycles. The predicted octanol–water partition coefficient (Wildman–Crippen LogP) is 0.721. The van der Waals surface area contributed by atoms with Gasteiger partial charge in [0.25, 0.3) is 5.91 Å². The van der Waals surface area contributed by atoms with E-state index in [0.717, 1.165) is 0 Å². The van der Waals surface area contributed by atoms with Crippen molar-refractivity contribution in [3.8, 4) is 0 Å². The van der Waals surface area contributed by atoms with Gasteiger partial charge >= 0.3 is 0 Å². The number of hydrogen-bond donors (Lipinski definition) is 1. The van der Waals surface area contributed by atoms with Crippen LogP contribution >= 0.6 is 11.6 Å². The lowest BCUT2D eigenvalue weighted by Crippen LogP contribution is -2.91. The molecule has 2 N–H and O–H groups in total. The highest BCUT2D eigenvalue weighted by Gasteiger charge is 2.41. The molecule has 1 atom stereocenters. The molecule has 2 amide bonds. The molecule has 1 fully saturated rings. The first-order valence-electron chi connectivity index (χ1n) is 5.70. The van der Waals surface area contributed by atoms with Gasteiger partial charge in [0.05, 0.1) is 18.7 Å². The Hall–Kier alpha value is -1.65. The van der Waals surface area contributed by atoms with E-state index in [1.165, 1.54) is 4.90 Å². The quantitative estimate of drug-likeness (QED) is 0.644. The van der Waals surface area contributed by atoms with Gasteiger partial charge in [-0.2, -0.15) is 0 Å². The average Bonchev–Trinajstić information content (AvgIpc) is 2.62. The van der Waals surface area contributed by atoms with Gasteiger partial charge in [-0.15, -0.1) is 0 Å². The molecule has 1 saturated heterocycles. The number of halogens is 1. The highest BCUT2D eigenvalue weighted by atomic mass is 35.5. The molecule has 1 heterocycles. The van der Waals surface area contributed by atoms with E-state index in [2.05, 4.69) is 6.58 Å². The number of amides is 2. The molecule has 0 spiro atoms. The van der Waals surface area contributed by atoms with E-state index in [9.17, 15) is 9.59 Å². The number of benzene rings is 1. The Kier molecular flexibility index (Phi) is 3.79. The zero-order chi connectivity index (χ0) is 13.1. The minimum Gasteiger partial charge on any atom is -0.332 e. The molecule has 0 radical (unpaired) electrons. The molecular formula is C13H14ClN2O2+. The summed E-state index contributed by atoms with van der Waals surface area (Å²) < 4.78 is 0. The maximum Gasteiger partial charge on any atom is 0.292 e. The van der Waals surface area contributed by atoms with Crippen molar-refractivity contribution in [3.05, 3.63) is 41.9 Å². The number of quaternary nitrogens is 1. The van der Waals surface area contributed by atoms with Crippen LogP contribution in [0.1, 0.15) is 6.42 Å². The zero-order valence-electron chi connectivity index (χ0n) is 9.80. The number of carbonyl (C=O) groups is 2. The number of nitrogens with two attached hydrogens (primary N) is 1. The van der Waals surface area contributed by atoms with Gasteiger partial charge in [-0.25, -0.2) is 4.90 Å². The topological polar surface area (TPSA) is 54.0 Å². The Morgan fingerprint density at radius 3 is 2.94 bits per heavy atom. The molecule has 1 aromatic rings. The molecule has 1 aliphatic heterocycles. The first kappa shape index (κ1) is 12.8. The van der Waals surface area contributed by atoms with Gasteiger partial charge in [-0.1, -0.05) is 24.2 Å². The van der Waals surface area contributed by atoms with Gasteiger partial charge in [-0.3, -0.25) is 9.59 Å². The summed E-state index contributed by atoms with van der Waals surface area (Å²) in [7, 11) is 0. The molecule has 5 heteroatoms. The molecule has 4 nitrogen and oxygen atoms in total. The van der Waals surface area contributed by atoms with Gasteiger partial charge in [0, 0.05) is 5.02 Å². The Balaban J connectivity index is 2.21. The van der Waals surface area contributed by atoms with Crippen LogP contribution in [0.3, 0.4) is 0 Å². The lowest BCUT2D eigenvalue weighted by molar-refractivity contribution is -0.666. The highest BCUT2D eigenvalue weighted by molar-refractivity contribution is 6.31. The van der Waals surface area contributed by atoms with Gasteiger partial charge in [0.2, 0.25) is 5.91 Å². The van der Waals surface area contributed by atoms with Crippen molar-refractivity contribution in [1.29, 1.82) is 0 Å². The van der Waals surface area contributed by atoms with Crippen LogP contribution in [0.4, 0.5) is 5.69 Å². The molecule has 1 aromatic carbocycles. The van der Waals surface area contributed by atoms with E-state index in [-0.39, 0.29) is 24.3 Å². The van der Waals surface area contributed by atoms with Gasteiger partial charge in [0.1, 0.15) is 0 Å². The van der Waals surface area contributed by atoms with Crippen molar-refractivity contribution in [2.45, 2.75) is 12.5 Å². The number of hydrogen-bond acceptors (Lipinski definition) is 2. The molecule has 94 valence electrons. The molecule has 0 bridgehead atoms. The fourth-order valence-corrected chi connectivity index (χ4v) is 2.17. The minimum atomic E-state index is -0.352. The monoisotopic (exact) mass is 265 g/mol. The highest BCUT2D eigenvalue weighted by Crippen LogP contribution is 2.24. The summed E-state index contributed by atoms with van der Waals surface area (Å²) in [6, 6.07) is 6.40. The fraction of sp³-hybridized carbons (Fsp3) is 0.231. The van der Waals surface area contributed by atoms with E-state index < -0.39 is 0 Å². The zero-order valence-corrected chi connectivity index (χ0v) is 10.6. The number of nitrogens with zero attached hydrogens (tertiary/aromatic N) is 1. The number of imide groups is 1. The van der Waals surface area contributed by atoms with Crippen LogP contribution in [0.5, 0.6) is 0 Å². The van der Waals surface area contributed by atoms with Crippen molar-refractivity contribution >= 4 is 29.1 Å². The van der Waals surface area contributed by atoms with Crippen LogP contribution in [-0.2, 0) is 9.59 Å². The maximum atomic E-state index is 12.1. The molecule has 0 aliphatic carbocycles. The summed E-state index contributed by atoms with van der Waals surface area (Å²) in [6.07, 6.45) is 1.93. The smallest absolute Gasteiger partial charge is 0.292 e. The van der Waals surface area contributed by atoms with Crippen molar-refractivity contribution in [1.82, 2.24) is 0 Å². The Morgan fingerprint density at radius 2 is 2.28 bits per heavy atom. The molecule has 18 heavy (non-hydrogen) atoms. The largest absolute Gasteiger partial charge is 0.332 e. The first-order chi connectivity index (χ1) is 8.63. The molecule has 2 rings (SSSR count). The molecule has 0 unspecified atom stereocenters. The average molecular weight is 266 g/mol. The van der Waals surface area contributed by atoms with Gasteiger partial charge in [0.15, 0.2) is 6.04 Å². The summed E-state index contributed by atoms with van der Waals surface area (Å²) in [6.45, 7) is 4.21. The summed E-state index contributed by atoms with van der Waals surface area (Å²) in [4.78, 5) is 25.2. The van der Waals surface area contributed by atoms with E-state index in [1.54, 1.807) is 30.3 Å². The Labute approximate surface area is 110 Å². The number of carbonyl (C=O) groups excluding carboxylic acids is 2. The second-order valence-corrected chi connectivity index (χ2v) is 4.55. The molecular weight excluding hydrogens is 252 g/mol. The Morgan fingerprint density at radius 1 is 1.50 bits per heavy atom. The van der Waals surface area contributed by atoms with E-state index in [1.807, 2.05) is 5.32 Å². The summed E-state index contributed by atoms with van der Waals surface area (Å²) in [5, 5.41) is 2.32. The van der Waals surface area contributed by atoms with Crippen LogP contribution in [0.25, 0.3) is 0 Å². The second kappa shape index (κ2) is 5.33. The predicted molar refractivity (Wildman–Crippen MR) is 69.3 cm³/mol. The number of anilines is 1. The third-order valence-electron chi connectivity index (χ3n) is 2.84. The molecule has 1 aliphatic rings. The lowest BCUT2D eigenvalue weighted by atomic mass is 10.2. The third kappa shape index (κ3) is 2.44. The van der Waals surface area contributed by atoms with Crippen molar-refractivity contribution in [3.63, 3.8) is 0 Å². The van der Waals surface area contributed by atoms with E-state index in [0.29, 0.717) is 17.3 Å². The fourth-order valence-electron chi connectivity index (χ4n) is 1.99. The van der Waals surface area contributed by atoms with Crippen LogP contribution in [0, 0.1) is 0 Å². The van der Waals surface area contributed by atoms with Crippen LogP contribution in [-0.4, -0.2) is 24.4 Å². The normalized spacial score (nSPS) is 19.4. The summed E-state index contributed by atoms with van der Waals surface area (Å²) in [5.41, 5.74) is 0.534. The third-order valence-corrected chi connectivity index (χ3v) is 3.07. The van der Waals surface area contributed by atoms with Crippen molar-refractivity contribution in [2.75, 3.05) is 11.4 Å². The summed E-state index contributed by atoms with van der Waals surface area (Å²) in [5.74, 6) is -0.378. The maximum absolute atomic E-state index is 12.1. The van der Waals surface area contributed by atoms with E-state index >= 15 is 0 Å². The standard InChI is InChI=1S/C13H13ClN2O2/c1-2-6-15-11-8-12(17)16(13(11)18)10-5-3-4-9(14)7-10/h2-5,7,11,15H,1,6,8H2/p+1/t11-/m1/s1. The van der Waals surface area contributed by atoms with Gasteiger partial charge < -0.3 is 5.32 Å². The van der Waals surface area contributed by atoms with Crippen molar-refractivity contribution in [2.24, 2.45) is 0 Å². The van der Waals surface area contributed by atoms with Crippen LogP contribution in [0.2, 0.25) is 5.02 Å². The first-order valence-corrected chi connectivity index (χ1v) is 6.08. The minimum absolute atomic E-state index is 0.187. The van der Waals surface area contributed by atoms with Crippen molar-refractivity contribution < 1.29 is 14.9 Å². The number of rotatable bonds is 4. The lowest BCUT2D eigenvalue weighted by Gasteiger charge is -2.14.